The summed E-state index contributed by atoms with van der Waals surface area (Å²) in [6, 6.07) is 1.73. The van der Waals surface area contributed by atoms with Gasteiger partial charge in [0, 0.05) is 17.9 Å². The molecule has 0 spiro atoms. The van der Waals surface area contributed by atoms with Crippen LogP contribution in [0.5, 0.6) is 0 Å². The summed E-state index contributed by atoms with van der Waals surface area (Å²) in [5, 5.41) is 17.4. The molecule has 0 unspecified atom stereocenters. The number of halogens is 1. The number of rotatable bonds is 1. The van der Waals surface area contributed by atoms with Crippen molar-refractivity contribution in [3.8, 4) is 0 Å². The summed E-state index contributed by atoms with van der Waals surface area (Å²) in [4.78, 5) is 3.75. The van der Waals surface area contributed by atoms with Gasteiger partial charge < -0.3 is 10.0 Å². The third kappa shape index (κ3) is 2.50. The van der Waals surface area contributed by atoms with Crippen molar-refractivity contribution in [1.29, 1.82) is 0 Å². The van der Waals surface area contributed by atoms with Gasteiger partial charge in [-0.25, -0.2) is 0 Å². The van der Waals surface area contributed by atoms with Crippen molar-refractivity contribution in [2.24, 2.45) is 0 Å². The first-order valence-corrected chi connectivity index (χ1v) is 2.98. The third-order valence-corrected chi connectivity index (χ3v) is 1.36. The molecule has 0 saturated carbocycles. The van der Waals surface area contributed by atoms with Gasteiger partial charge in [0.1, 0.15) is 0 Å². The second-order valence-electron chi connectivity index (χ2n) is 2.11. The molecule has 1 aromatic heterocycles. The summed E-state index contributed by atoms with van der Waals surface area (Å²) in [6.45, 7) is 1.80. The van der Waals surface area contributed by atoms with Crippen LogP contribution in [-0.2, 0) is 0 Å². The lowest BCUT2D eigenvalue weighted by atomic mass is 9.79. The average molecular weight is 173 g/mol. The molecule has 0 atom stereocenters. The largest absolute Gasteiger partial charge is 0.490 e. The SMILES string of the molecule is Cc1ccncc1B(O)O.Cl. The maximum absolute atomic E-state index is 8.72. The lowest BCUT2D eigenvalue weighted by molar-refractivity contribution is 0.425. The van der Waals surface area contributed by atoms with Crippen LogP contribution < -0.4 is 5.46 Å². The van der Waals surface area contributed by atoms with Crippen molar-refractivity contribution in [2.45, 2.75) is 6.92 Å². The highest BCUT2D eigenvalue weighted by Crippen LogP contribution is 1.89. The molecule has 60 valence electrons. The zero-order chi connectivity index (χ0) is 7.56. The molecule has 0 saturated heterocycles. The van der Waals surface area contributed by atoms with E-state index in [1.807, 2.05) is 0 Å². The van der Waals surface area contributed by atoms with Gasteiger partial charge >= 0.3 is 7.12 Å². The predicted molar refractivity (Wildman–Crippen MR) is 46.0 cm³/mol. The average Bonchev–Trinajstić information content (AvgIpc) is 1.88. The van der Waals surface area contributed by atoms with Crippen LogP contribution >= 0.6 is 12.4 Å². The van der Waals surface area contributed by atoms with Crippen LogP contribution in [0, 0.1) is 6.92 Å². The number of aryl methyl sites for hydroxylation is 1. The molecule has 3 nitrogen and oxygen atoms in total. The lowest BCUT2D eigenvalue weighted by Crippen LogP contribution is -2.32. The summed E-state index contributed by atoms with van der Waals surface area (Å²) in [5.41, 5.74) is 1.30. The summed E-state index contributed by atoms with van der Waals surface area (Å²) < 4.78 is 0. The molecule has 2 N–H and O–H groups in total. The molecule has 0 aliphatic heterocycles. The Bertz CT molecular complexity index is 232. The van der Waals surface area contributed by atoms with Crippen molar-refractivity contribution in [1.82, 2.24) is 4.98 Å². The molecule has 0 radical (unpaired) electrons. The molecule has 0 aromatic carbocycles. The first kappa shape index (κ1) is 10.4. The standard InChI is InChI=1S/C6H8BNO2.ClH/c1-5-2-3-8-4-6(5)7(9)10;/h2-4,9-10H,1H3;1H. The van der Waals surface area contributed by atoms with E-state index in [0.29, 0.717) is 5.46 Å². The van der Waals surface area contributed by atoms with Gasteiger partial charge in [0.05, 0.1) is 0 Å². The molecule has 1 rings (SSSR count). The Morgan fingerprint density at radius 2 is 2.09 bits per heavy atom. The quantitative estimate of drug-likeness (QED) is 0.563. The minimum absolute atomic E-state index is 0. The molecule has 5 heteroatoms. The molecule has 0 aliphatic rings. The van der Waals surface area contributed by atoms with Gasteiger partial charge in [-0.2, -0.15) is 0 Å². The molecule has 0 amide bonds. The van der Waals surface area contributed by atoms with E-state index in [1.54, 1.807) is 19.2 Å². The zero-order valence-corrected chi connectivity index (χ0v) is 6.88. The second kappa shape index (κ2) is 4.33. The van der Waals surface area contributed by atoms with Gasteiger partial charge in [-0.05, 0) is 18.6 Å². The highest BCUT2D eigenvalue weighted by molar-refractivity contribution is 6.59. The monoisotopic (exact) mass is 173 g/mol. The van der Waals surface area contributed by atoms with Gasteiger partial charge in [-0.15, -0.1) is 12.4 Å². The van der Waals surface area contributed by atoms with E-state index >= 15 is 0 Å². The summed E-state index contributed by atoms with van der Waals surface area (Å²) in [7, 11) is -1.41. The van der Waals surface area contributed by atoms with Crippen LogP contribution in [0.3, 0.4) is 0 Å². The van der Waals surface area contributed by atoms with E-state index in [2.05, 4.69) is 4.98 Å². The maximum atomic E-state index is 8.72. The Morgan fingerprint density at radius 1 is 1.45 bits per heavy atom. The zero-order valence-electron chi connectivity index (χ0n) is 6.06. The maximum Gasteiger partial charge on any atom is 0.490 e. The first-order chi connectivity index (χ1) is 4.72. The van der Waals surface area contributed by atoms with Gasteiger partial charge in [0.15, 0.2) is 0 Å². The van der Waals surface area contributed by atoms with Crippen molar-refractivity contribution >= 4 is 25.0 Å². The van der Waals surface area contributed by atoms with E-state index in [4.69, 9.17) is 10.0 Å². The Balaban J connectivity index is 0.000001000. The van der Waals surface area contributed by atoms with Gasteiger partial charge in [-0.1, -0.05) is 0 Å². The Kier molecular flexibility index (Phi) is 4.11. The minimum Gasteiger partial charge on any atom is -0.423 e. The summed E-state index contributed by atoms with van der Waals surface area (Å²) >= 11 is 0. The van der Waals surface area contributed by atoms with Crippen LogP contribution in [0.4, 0.5) is 0 Å². The van der Waals surface area contributed by atoms with Crippen molar-refractivity contribution < 1.29 is 10.0 Å². The van der Waals surface area contributed by atoms with Crippen LogP contribution in [-0.4, -0.2) is 22.2 Å². The van der Waals surface area contributed by atoms with Gasteiger partial charge in [0.2, 0.25) is 0 Å². The van der Waals surface area contributed by atoms with Crippen molar-refractivity contribution in [2.75, 3.05) is 0 Å². The third-order valence-electron chi connectivity index (χ3n) is 1.36. The fourth-order valence-electron chi connectivity index (χ4n) is 0.747. The van der Waals surface area contributed by atoms with Crippen molar-refractivity contribution in [3.05, 3.63) is 24.0 Å². The predicted octanol–water partition coefficient (Wildman–Crippen LogP) is -0.508. The molecule has 0 fully saturated rings. The summed E-state index contributed by atoms with van der Waals surface area (Å²) in [5.74, 6) is 0. The van der Waals surface area contributed by atoms with Crippen LogP contribution in [0.25, 0.3) is 0 Å². The number of hydrogen-bond acceptors (Lipinski definition) is 3. The van der Waals surface area contributed by atoms with Crippen LogP contribution in [0.15, 0.2) is 18.5 Å². The number of aromatic nitrogens is 1. The second-order valence-corrected chi connectivity index (χ2v) is 2.11. The first-order valence-electron chi connectivity index (χ1n) is 2.98. The number of nitrogens with zero attached hydrogens (tertiary/aromatic N) is 1. The van der Waals surface area contributed by atoms with E-state index in [9.17, 15) is 0 Å². The molecular weight excluding hydrogens is 164 g/mol. The van der Waals surface area contributed by atoms with Gasteiger partial charge in [-0.3, -0.25) is 4.98 Å². The molecule has 1 heterocycles. The fraction of sp³-hybridized carbons (Fsp3) is 0.167. The number of hydrogen-bond donors (Lipinski definition) is 2. The van der Waals surface area contributed by atoms with Crippen LogP contribution in [0.1, 0.15) is 5.56 Å². The Hall–Kier alpha value is -0.575. The number of pyridine rings is 1. The molecule has 0 aliphatic carbocycles. The normalized spacial score (nSPS) is 8.64. The fourth-order valence-corrected chi connectivity index (χ4v) is 0.747. The van der Waals surface area contributed by atoms with E-state index in [-0.39, 0.29) is 12.4 Å². The van der Waals surface area contributed by atoms with E-state index < -0.39 is 7.12 Å². The minimum atomic E-state index is -1.41. The topological polar surface area (TPSA) is 53.4 Å². The van der Waals surface area contributed by atoms with E-state index in [0.717, 1.165) is 5.56 Å². The molecule has 0 bridgehead atoms. The van der Waals surface area contributed by atoms with Gasteiger partial charge in [0.25, 0.3) is 0 Å². The molecule has 11 heavy (non-hydrogen) atoms. The molecular formula is C6H9BClNO2. The van der Waals surface area contributed by atoms with Crippen molar-refractivity contribution in [3.63, 3.8) is 0 Å². The Morgan fingerprint density at radius 3 is 2.45 bits per heavy atom. The smallest absolute Gasteiger partial charge is 0.423 e. The van der Waals surface area contributed by atoms with E-state index in [1.165, 1.54) is 6.20 Å². The molecule has 1 aromatic rings. The highest BCUT2D eigenvalue weighted by atomic mass is 35.5. The lowest BCUT2D eigenvalue weighted by Gasteiger charge is -2.00. The highest BCUT2D eigenvalue weighted by Gasteiger charge is 2.12. The van der Waals surface area contributed by atoms with Crippen LogP contribution in [0.2, 0.25) is 0 Å². The summed E-state index contributed by atoms with van der Waals surface area (Å²) in [6.07, 6.45) is 3.06. The Labute approximate surface area is 71.7 Å².